The lowest BCUT2D eigenvalue weighted by atomic mass is 9.95. The predicted octanol–water partition coefficient (Wildman–Crippen LogP) is 3.27. The van der Waals surface area contributed by atoms with Crippen LogP contribution in [0.3, 0.4) is 0 Å². The average molecular weight is 415 g/mol. The van der Waals surface area contributed by atoms with Crippen molar-refractivity contribution in [3.05, 3.63) is 46.2 Å². The van der Waals surface area contributed by atoms with Gasteiger partial charge in [0, 0.05) is 13.0 Å². The number of nitrogens with two attached hydrogens (primary N) is 1. The summed E-state index contributed by atoms with van der Waals surface area (Å²) >= 11 is 1.61. The molecular weight excluding hydrogens is 384 g/mol. The van der Waals surface area contributed by atoms with Gasteiger partial charge in [-0.25, -0.2) is 0 Å². The summed E-state index contributed by atoms with van der Waals surface area (Å²) < 4.78 is 0. The Morgan fingerprint density at radius 3 is 2.86 bits per heavy atom. The maximum Gasteiger partial charge on any atom is 0.250 e. The molecule has 1 unspecified atom stereocenters. The molecule has 0 fully saturated rings. The molecule has 29 heavy (non-hydrogen) atoms. The molecule has 3 rings (SSSR count). The summed E-state index contributed by atoms with van der Waals surface area (Å²) in [5.41, 5.74) is 9.88. The summed E-state index contributed by atoms with van der Waals surface area (Å²) in [7, 11) is 0. The number of hydrogen-bond donors (Lipinski definition) is 3. The number of hydrogen-bond acceptors (Lipinski definition) is 5. The molecule has 6 nitrogen and oxygen atoms in total. The number of thiophene rings is 1. The van der Waals surface area contributed by atoms with E-state index >= 15 is 0 Å². The first-order valence-electron chi connectivity index (χ1n) is 10.3. The minimum Gasteiger partial charge on any atom is -0.383 e. The van der Waals surface area contributed by atoms with E-state index in [4.69, 9.17) is 5.73 Å². The van der Waals surface area contributed by atoms with Gasteiger partial charge >= 0.3 is 0 Å². The predicted molar refractivity (Wildman–Crippen MR) is 119 cm³/mol. The summed E-state index contributed by atoms with van der Waals surface area (Å²) in [6, 6.07) is 6.89. The third-order valence-corrected chi connectivity index (χ3v) is 5.97. The topological polar surface area (TPSA) is 87.5 Å². The molecule has 0 radical (unpaired) electrons. The number of carbonyl (C=O) groups excluding carboxylic acids is 2. The summed E-state index contributed by atoms with van der Waals surface area (Å²) in [6.45, 7) is 5.36. The Hall–Kier alpha value is -2.38. The number of rotatable bonds is 9. The maximum absolute atomic E-state index is 13.4. The van der Waals surface area contributed by atoms with Crippen LogP contribution < -0.4 is 21.3 Å². The first kappa shape index (κ1) is 21.3. The lowest BCUT2D eigenvalue weighted by Gasteiger charge is -2.36. The molecule has 0 saturated carbocycles. The van der Waals surface area contributed by atoms with Crippen LogP contribution in [-0.2, 0) is 22.6 Å². The zero-order chi connectivity index (χ0) is 20.8. The van der Waals surface area contributed by atoms with E-state index in [1.165, 1.54) is 0 Å². The van der Waals surface area contributed by atoms with Crippen molar-refractivity contribution in [3.63, 3.8) is 0 Å². The van der Waals surface area contributed by atoms with Crippen molar-refractivity contribution in [2.45, 2.75) is 58.2 Å². The fourth-order valence-electron chi connectivity index (χ4n) is 3.52. The van der Waals surface area contributed by atoms with Crippen LogP contribution in [-0.4, -0.2) is 30.4 Å². The van der Waals surface area contributed by atoms with Crippen LogP contribution >= 0.6 is 11.3 Å². The third-order valence-electron chi connectivity index (χ3n) is 5.24. The first-order valence-corrected chi connectivity index (χ1v) is 11.2. The van der Waals surface area contributed by atoms with Gasteiger partial charge in [-0.3, -0.25) is 9.59 Å². The van der Waals surface area contributed by atoms with Crippen molar-refractivity contribution < 1.29 is 9.59 Å². The Labute approximate surface area is 176 Å². The summed E-state index contributed by atoms with van der Waals surface area (Å²) in [4.78, 5) is 27.5. The normalized spacial score (nSPS) is 17.0. The Balaban J connectivity index is 1.92. The van der Waals surface area contributed by atoms with Gasteiger partial charge in [-0.2, -0.15) is 11.3 Å². The van der Waals surface area contributed by atoms with Gasteiger partial charge in [0.2, 0.25) is 11.8 Å². The van der Waals surface area contributed by atoms with E-state index in [-0.39, 0.29) is 11.8 Å². The lowest BCUT2D eigenvalue weighted by Crippen LogP contribution is -2.55. The molecule has 1 aromatic carbocycles. The molecule has 2 heterocycles. The van der Waals surface area contributed by atoms with Gasteiger partial charge in [0.25, 0.3) is 0 Å². The quantitative estimate of drug-likeness (QED) is 0.550. The van der Waals surface area contributed by atoms with Crippen molar-refractivity contribution in [1.29, 1.82) is 0 Å². The number of amides is 2. The molecule has 156 valence electrons. The smallest absolute Gasteiger partial charge is 0.250 e. The average Bonchev–Trinajstić information content (AvgIpc) is 3.23. The number of fused-ring (bicyclic) bond motifs is 1. The van der Waals surface area contributed by atoms with Crippen molar-refractivity contribution in [2.24, 2.45) is 5.73 Å². The van der Waals surface area contributed by atoms with Gasteiger partial charge in [0.05, 0.1) is 24.0 Å². The maximum atomic E-state index is 13.4. The van der Waals surface area contributed by atoms with E-state index < -0.39 is 12.1 Å². The molecule has 2 atom stereocenters. The summed E-state index contributed by atoms with van der Waals surface area (Å²) in [5, 5.41) is 10.4. The van der Waals surface area contributed by atoms with E-state index in [1.807, 2.05) is 36.6 Å². The Morgan fingerprint density at radius 1 is 1.34 bits per heavy atom. The molecule has 0 spiro atoms. The number of anilines is 2. The van der Waals surface area contributed by atoms with Gasteiger partial charge < -0.3 is 21.3 Å². The van der Waals surface area contributed by atoms with Gasteiger partial charge in [0.1, 0.15) is 6.04 Å². The second kappa shape index (κ2) is 9.89. The SMILES string of the molecule is CCCCNc1cccc2c1N(Cc1ccsc1)C(=O)C(NC(=O)[C@H](N)CC)C2. The lowest BCUT2D eigenvalue weighted by molar-refractivity contribution is -0.128. The minimum absolute atomic E-state index is 0.0925. The van der Waals surface area contributed by atoms with Gasteiger partial charge in [-0.05, 0) is 46.9 Å². The largest absolute Gasteiger partial charge is 0.383 e. The highest BCUT2D eigenvalue weighted by molar-refractivity contribution is 7.07. The van der Waals surface area contributed by atoms with Crippen LogP contribution in [0.5, 0.6) is 0 Å². The summed E-state index contributed by atoms with van der Waals surface area (Å²) in [5.74, 6) is -0.368. The van der Waals surface area contributed by atoms with E-state index in [0.717, 1.165) is 41.9 Å². The van der Waals surface area contributed by atoms with Crippen LogP contribution in [0.25, 0.3) is 0 Å². The van der Waals surface area contributed by atoms with Crippen molar-refractivity contribution in [2.75, 3.05) is 16.8 Å². The fourth-order valence-corrected chi connectivity index (χ4v) is 4.18. The third kappa shape index (κ3) is 4.97. The monoisotopic (exact) mass is 414 g/mol. The first-order chi connectivity index (χ1) is 14.0. The van der Waals surface area contributed by atoms with Crippen LogP contribution in [0, 0.1) is 0 Å². The Kier molecular flexibility index (Phi) is 7.28. The number of benzene rings is 1. The number of unbranched alkanes of at least 4 members (excludes halogenated alkanes) is 1. The van der Waals surface area contributed by atoms with Crippen molar-refractivity contribution in [1.82, 2.24) is 5.32 Å². The number of carbonyl (C=O) groups is 2. The minimum atomic E-state index is -0.600. The molecule has 0 bridgehead atoms. The van der Waals surface area contributed by atoms with Gasteiger partial charge in [0.15, 0.2) is 0 Å². The van der Waals surface area contributed by atoms with Crippen LogP contribution in [0.1, 0.15) is 44.2 Å². The Morgan fingerprint density at radius 2 is 2.17 bits per heavy atom. The molecule has 7 heteroatoms. The van der Waals surface area contributed by atoms with Crippen LogP contribution in [0.4, 0.5) is 11.4 Å². The highest BCUT2D eigenvalue weighted by Gasteiger charge is 2.36. The summed E-state index contributed by atoms with van der Waals surface area (Å²) in [6.07, 6.45) is 3.17. The molecule has 1 aliphatic heterocycles. The van der Waals surface area contributed by atoms with E-state index in [1.54, 1.807) is 16.2 Å². The van der Waals surface area contributed by atoms with Crippen molar-refractivity contribution in [3.8, 4) is 0 Å². The molecule has 1 aromatic heterocycles. The zero-order valence-corrected chi connectivity index (χ0v) is 17.9. The second-order valence-electron chi connectivity index (χ2n) is 7.43. The van der Waals surface area contributed by atoms with E-state index in [2.05, 4.69) is 22.9 Å². The highest BCUT2D eigenvalue weighted by atomic mass is 32.1. The second-order valence-corrected chi connectivity index (χ2v) is 8.21. The molecule has 0 aliphatic carbocycles. The highest BCUT2D eigenvalue weighted by Crippen LogP contribution is 2.36. The standard InChI is InChI=1S/C22H30N4O2S/c1-3-5-10-24-18-8-6-7-16-12-19(25-21(27)17(23)4-2)22(28)26(20(16)18)13-15-9-11-29-14-15/h6-9,11,14,17,19,24H,3-5,10,12-13,23H2,1-2H3,(H,25,27)/t17-,19?/m1/s1. The number of nitrogens with one attached hydrogen (secondary N) is 2. The molecule has 2 amide bonds. The molecule has 1 aliphatic rings. The molecule has 2 aromatic rings. The fraction of sp³-hybridized carbons (Fsp3) is 0.455. The van der Waals surface area contributed by atoms with Gasteiger partial charge in [-0.15, -0.1) is 0 Å². The van der Waals surface area contributed by atoms with Crippen LogP contribution in [0.15, 0.2) is 35.0 Å². The molecular formula is C22H30N4O2S. The zero-order valence-electron chi connectivity index (χ0n) is 17.1. The van der Waals surface area contributed by atoms with E-state index in [0.29, 0.717) is 19.4 Å². The van der Waals surface area contributed by atoms with Gasteiger partial charge in [-0.1, -0.05) is 32.4 Å². The van der Waals surface area contributed by atoms with Crippen LogP contribution in [0.2, 0.25) is 0 Å². The van der Waals surface area contributed by atoms with Crippen molar-refractivity contribution >= 4 is 34.5 Å². The number of para-hydroxylation sites is 1. The molecule has 0 saturated heterocycles. The van der Waals surface area contributed by atoms with E-state index in [9.17, 15) is 9.59 Å². The Bertz CT molecular complexity index is 837. The number of nitrogens with zero attached hydrogens (tertiary/aromatic N) is 1. The molecule has 4 N–H and O–H groups in total.